The van der Waals surface area contributed by atoms with Crippen LogP contribution in [0.1, 0.15) is 30.5 Å². The van der Waals surface area contributed by atoms with Gasteiger partial charge in [0.2, 0.25) is 11.8 Å². The standard InChI is InChI=1S/C35H37Cl2N3O4S/c1-25(2)22-38-35(42)33(20-27-13-6-4-7-14-27)39(23-28-15-11-10-12-26(28)3)34(41)24-40(32-21-29(36)18-19-31(32)37)45(43,44)30-16-8-5-9-17-30/h4-19,21,25,33H,20,22-24H2,1-3H3,(H,38,42). The molecule has 1 N–H and O–H groups in total. The second-order valence-electron chi connectivity index (χ2n) is 11.2. The Balaban J connectivity index is 1.83. The van der Waals surface area contributed by atoms with Gasteiger partial charge in [-0.1, -0.05) is 110 Å². The zero-order valence-corrected chi connectivity index (χ0v) is 27.8. The number of carbonyl (C=O) groups excluding carboxylic acids is 2. The molecule has 0 aliphatic heterocycles. The van der Waals surface area contributed by atoms with Crippen LogP contribution in [0.5, 0.6) is 0 Å². The van der Waals surface area contributed by atoms with Crippen LogP contribution in [0.25, 0.3) is 0 Å². The average molecular weight is 667 g/mol. The van der Waals surface area contributed by atoms with Crippen molar-refractivity contribution >= 4 is 50.7 Å². The van der Waals surface area contributed by atoms with Crippen LogP contribution in [-0.4, -0.2) is 44.3 Å². The monoisotopic (exact) mass is 665 g/mol. The van der Waals surface area contributed by atoms with Crippen LogP contribution >= 0.6 is 23.2 Å². The van der Waals surface area contributed by atoms with Crippen molar-refractivity contribution < 1.29 is 18.0 Å². The number of hydrogen-bond acceptors (Lipinski definition) is 4. The topological polar surface area (TPSA) is 86.8 Å². The molecule has 0 heterocycles. The molecule has 0 fully saturated rings. The maximum Gasteiger partial charge on any atom is 0.264 e. The van der Waals surface area contributed by atoms with E-state index in [0.29, 0.717) is 6.54 Å². The van der Waals surface area contributed by atoms with Crippen molar-refractivity contribution in [3.8, 4) is 0 Å². The van der Waals surface area contributed by atoms with Gasteiger partial charge in [0.1, 0.15) is 12.6 Å². The molecule has 0 bridgehead atoms. The smallest absolute Gasteiger partial charge is 0.264 e. The highest BCUT2D eigenvalue weighted by Crippen LogP contribution is 2.33. The molecule has 7 nitrogen and oxygen atoms in total. The predicted octanol–water partition coefficient (Wildman–Crippen LogP) is 6.91. The van der Waals surface area contributed by atoms with Gasteiger partial charge in [0.25, 0.3) is 10.0 Å². The molecule has 4 aromatic carbocycles. The number of nitrogens with one attached hydrogen (secondary N) is 1. The molecule has 0 saturated heterocycles. The largest absolute Gasteiger partial charge is 0.354 e. The maximum absolute atomic E-state index is 14.6. The average Bonchev–Trinajstić information content (AvgIpc) is 3.03. The summed E-state index contributed by atoms with van der Waals surface area (Å²) in [5, 5.41) is 3.35. The Labute approximate surface area is 275 Å². The SMILES string of the molecule is Cc1ccccc1CN(C(=O)CN(c1cc(Cl)ccc1Cl)S(=O)(=O)c1ccccc1)C(Cc1ccccc1)C(=O)NCC(C)C. The Kier molecular flexibility index (Phi) is 11.7. The number of benzene rings is 4. The minimum Gasteiger partial charge on any atom is -0.354 e. The van der Waals surface area contributed by atoms with Gasteiger partial charge in [-0.15, -0.1) is 0 Å². The minimum absolute atomic E-state index is 0.0187. The summed E-state index contributed by atoms with van der Waals surface area (Å²) >= 11 is 12.8. The lowest BCUT2D eigenvalue weighted by atomic mass is 10.0. The van der Waals surface area contributed by atoms with Crippen molar-refractivity contribution in [3.63, 3.8) is 0 Å². The number of aryl methyl sites for hydroxylation is 1. The molecular formula is C35H37Cl2N3O4S. The van der Waals surface area contributed by atoms with Gasteiger partial charge in [-0.25, -0.2) is 8.42 Å². The third-order valence-electron chi connectivity index (χ3n) is 7.34. The molecule has 2 amide bonds. The summed E-state index contributed by atoms with van der Waals surface area (Å²) in [4.78, 5) is 29.9. The van der Waals surface area contributed by atoms with Crippen LogP contribution in [0.15, 0.2) is 108 Å². The van der Waals surface area contributed by atoms with Crippen LogP contribution in [0.3, 0.4) is 0 Å². The van der Waals surface area contributed by atoms with Crippen molar-refractivity contribution in [2.45, 2.75) is 44.7 Å². The molecule has 0 aromatic heterocycles. The zero-order chi connectivity index (χ0) is 32.6. The number of carbonyl (C=O) groups is 2. The van der Waals surface area contributed by atoms with Gasteiger partial charge in [-0.3, -0.25) is 13.9 Å². The normalized spacial score (nSPS) is 12.0. The third kappa shape index (κ3) is 8.87. The number of hydrogen-bond donors (Lipinski definition) is 1. The summed E-state index contributed by atoms with van der Waals surface area (Å²) in [6.45, 7) is 5.80. The van der Waals surface area contributed by atoms with Crippen LogP contribution in [0, 0.1) is 12.8 Å². The Bertz CT molecular complexity index is 1720. The summed E-state index contributed by atoms with van der Waals surface area (Å²) < 4.78 is 29.2. The van der Waals surface area contributed by atoms with E-state index in [2.05, 4.69) is 5.32 Å². The number of nitrogens with zero attached hydrogens (tertiary/aromatic N) is 2. The van der Waals surface area contributed by atoms with Crippen molar-refractivity contribution in [3.05, 3.63) is 130 Å². The molecule has 45 heavy (non-hydrogen) atoms. The van der Waals surface area contributed by atoms with Gasteiger partial charge in [-0.2, -0.15) is 0 Å². The highest BCUT2D eigenvalue weighted by Gasteiger charge is 2.35. The van der Waals surface area contributed by atoms with Gasteiger partial charge >= 0.3 is 0 Å². The second kappa shape index (κ2) is 15.4. The fourth-order valence-electron chi connectivity index (χ4n) is 4.86. The van der Waals surface area contributed by atoms with E-state index in [-0.39, 0.29) is 45.4 Å². The van der Waals surface area contributed by atoms with E-state index in [1.807, 2.05) is 75.4 Å². The van der Waals surface area contributed by atoms with Gasteiger partial charge in [0.15, 0.2) is 0 Å². The first kappa shape index (κ1) is 34.0. The number of amides is 2. The Hall–Kier alpha value is -3.85. The molecule has 4 aromatic rings. The lowest BCUT2D eigenvalue weighted by Gasteiger charge is -2.34. The summed E-state index contributed by atoms with van der Waals surface area (Å²) in [7, 11) is -4.29. The molecule has 0 aliphatic rings. The molecule has 10 heteroatoms. The molecule has 0 saturated carbocycles. The first-order valence-electron chi connectivity index (χ1n) is 14.7. The molecular weight excluding hydrogens is 629 g/mol. The highest BCUT2D eigenvalue weighted by atomic mass is 35.5. The molecule has 236 valence electrons. The summed E-state index contributed by atoms with van der Waals surface area (Å²) in [6.07, 6.45) is 0.228. The van der Waals surface area contributed by atoms with E-state index in [9.17, 15) is 18.0 Å². The number of rotatable bonds is 13. The highest BCUT2D eigenvalue weighted by molar-refractivity contribution is 7.92. The van der Waals surface area contributed by atoms with Crippen molar-refractivity contribution in [2.75, 3.05) is 17.4 Å². The molecule has 1 atom stereocenters. The summed E-state index contributed by atoms with van der Waals surface area (Å²) in [5.74, 6) is -0.717. The fraction of sp³-hybridized carbons (Fsp3) is 0.257. The number of halogens is 2. The van der Waals surface area contributed by atoms with E-state index >= 15 is 0 Å². The summed E-state index contributed by atoms with van der Waals surface area (Å²) in [6, 6.07) is 28.4. The van der Waals surface area contributed by atoms with E-state index in [1.54, 1.807) is 24.3 Å². The van der Waals surface area contributed by atoms with Gasteiger partial charge in [0.05, 0.1) is 15.6 Å². The van der Waals surface area contributed by atoms with Crippen LogP contribution in [-0.2, 0) is 32.6 Å². The van der Waals surface area contributed by atoms with Crippen LogP contribution in [0.2, 0.25) is 10.0 Å². The molecule has 1 unspecified atom stereocenters. The van der Waals surface area contributed by atoms with Crippen molar-refractivity contribution in [1.29, 1.82) is 0 Å². The van der Waals surface area contributed by atoms with Crippen molar-refractivity contribution in [2.24, 2.45) is 5.92 Å². The fourth-order valence-corrected chi connectivity index (χ4v) is 6.74. The van der Waals surface area contributed by atoms with Crippen LogP contribution in [0.4, 0.5) is 5.69 Å². The molecule has 0 spiro atoms. The van der Waals surface area contributed by atoms with Gasteiger partial charge < -0.3 is 10.2 Å². The van der Waals surface area contributed by atoms with E-state index in [1.165, 1.54) is 29.2 Å². The Morgan fingerprint density at radius 3 is 2.11 bits per heavy atom. The lowest BCUT2D eigenvalue weighted by molar-refractivity contribution is -0.140. The van der Waals surface area contributed by atoms with E-state index < -0.39 is 28.5 Å². The minimum atomic E-state index is -4.29. The Morgan fingerprint density at radius 1 is 0.844 bits per heavy atom. The van der Waals surface area contributed by atoms with Gasteiger partial charge in [-0.05, 0) is 59.9 Å². The van der Waals surface area contributed by atoms with E-state index in [0.717, 1.165) is 21.0 Å². The van der Waals surface area contributed by atoms with Crippen molar-refractivity contribution in [1.82, 2.24) is 10.2 Å². The molecule has 4 rings (SSSR count). The predicted molar refractivity (Wildman–Crippen MR) is 181 cm³/mol. The first-order valence-corrected chi connectivity index (χ1v) is 16.9. The van der Waals surface area contributed by atoms with Gasteiger partial charge in [0, 0.05) is 24.5 Å². The molecule has 0 aliphatic carbocycles. The van der Waals surface area contributed by atoms with E-state index in [4.69, 9.17) is 23.2 Å². The maximum atomic E-state index is 14.6. The van der Waals surface area contributed by atoms with Crippen LogP contribution < -0.4 is 9.62 Å². The second-order valence-corrected chi connectivity index (χ2v) is 13.9. The quantitative estimate of drug-likeness (QED) is 0.168. The number of sulfonamides is 1. The lowest BCUT2D eigenvalue weighted by Crippen LogP contribution is -2.53. The zero-order valence-electron chi connectivity index (χ0n) is 25.5. The first-order chi connectivity index (χ1) is 21.5. The Morgan fingerprint density at radius 2 is 1.47 bits per heavy atom. The number of anilines is 1. The third-order valence-corrected chi connectivity index (χ3v) is 9.67. The summed E-state index contributed by atoms with van der Waals surface area (Å²) in [5.41, 5.74) is 2.68. The molecule has 0 radical (unpaired) electrons.